The second-order valence-corrected chi connectivity index (χ2v) is 8.12. The molecule has 24 heavy (non-hydrogen) atoms. The summed E-state index contributed by atoms with van der Waals surface area (Å²) in [5.74, 6) is -2.03. The number of benzene rings is 1. The van der Waals surface area contributed by atoms with Gasteiger partial charge in [-0.1, -0.05) is 19.9 Å². The van der Waals surface area contributed by atoms with E-state index in [2.05, 4.69) is 10.0 Å². The van der Waals surface area contributed by atoms with Crippen LogP contribution in [0.5, 0.6) is 0 Å². The Hall–Kier alpha value is -1.93. The maximum atomic E-state index is 12.4. The van der Waals surface area contributed by atoms with Gasteiger partial charge in [0.2, 0.25) is 10.0 Å². The van der Waals surface area contributed by atoms with E-state index in [1.54, 1.807) is 26.8 Å². The molecule has 3 N–H and O–H groups in total. The van der Waals surface area contributed by atoms with Crippen molar-refractivity contribution >= 4 is 21.9 Å². The first-order valence-electron chi connectivity index (χ1n) is 7.78. The minimum Gasteiger partial charge on any atom is -0.480 e. The Morgan fingerprint density at radius 1 is 1.25 bits per heavy atom. The van der Waals surface area contributed by atoms with Gasteiger partial charge in [0.15, 0.2) is 0 Å². The highest BCUT2D eigenvalue weighted by Crippen LogP contribution is 2.23. The number of hydrogen-bond acceptors (Lipinski definition) is 4. The summed E-state index contributed by atoms with van der Waals surface area (Å²) in [6, 6.07) is 3.19. The monoisotopic (exact) mass is 354 g/mol. The number of hydrogen-bond donors (Lipinski definition) is 3. The first-order valence-corrected chi connectivity index (χ1v) is 9.27. The summed E-state index contributed by atoms with van der Waals surface area (Å²) in [6.45, 7) is 5.05. The summed E-state index contributed by atoms with van der Waals surface area (Å²) < 4.78 is 27.1. The number of carboxylic acid groups (broad SMARTS) is 1. The van der Waals surface area contributed by atoms with Gasteiger partial charge in [0.1, 0.15) is 6.04 Å². The van der Waals surface area contributed by atoms with Gasteiger partial charge in [-0.2, -0.15) is 0 Å². The SMILES string of the molecule is Cc1ccc(S(=O)(=O)NC2CC2)cc1C(=O)N[C@@H](C(=O)O)C(C)C. The Kier molecular flexibility index (Phi) is 5.29. The predicted octanol–water partition coefficient (Wildman–Crippen LogP) is 1.27. The molecule has 132 valence electrons. The van der Waals surface area contributed by atoms with Crippen LogP contribution in [0.4, 0.5) is 0 Å². The molecule has 2 rings (SSSR count). The lowest BCUT2D eigenvalue weighted by atomic mass is 10.0. The van der Waals surface area contributed by atoms with Gasteiger partial charge in [-0.25, -0.2) is 17.9 Å². The number of carbonyl (C=O) groups is 2. The van der Waals surface area contributed by atoms with E-state index in [1.807, 2.05) is 0 Å². The summed E-state index contributed by atoms with van der Waals surface area (Å²) in [7, 11) is -3.68. The van der Waals surface area contributed by atoms with Crippen LogP contribution in [0.3, 0.4) is 0 Å². The maximum Gasteiger partial charge on any atom is 0.326 e. The Bertz CT molecular complexity index is 754. The molecule has 0 spiro atoms. The van der Waals surface area contributed by atoms with Crippen molar-refractivity contribution in [1.29, 1.82) is 0 Å². The molecule has 1 aliphatic carbocycles. The average molecular weight is 354 g/mol. The van der Waals surface area contributed by atoms with E-state index < -0.39 is 27.9 Å². The van der Waals surface area contributed by atoms with Gasteiger partial charge in [0.05, 0.1) is 4.90 Å². The highest BCUT2D eigenvalue weighted by atomic mass is 32.2. The van der Waals surface area contributed by atoms with E-state index in [1.165, 1.54) is 12.1 Å². The van der Waals surface area contributed by atoms with Crippen LogP contribution in [-0.4, -0.2) is 37.5 Å². The molecule has 1 aromatic rings. The number of amides is 1. The molecule has 1 amide bonds. The van der Waals surface area contributed by atoms with Gasteiger partial charge in [0, 0.05) is 11.6 Å². The summed E-state index contributed by atoms with van der Waals surface area (Å²) in [4.78, 5) is 23.6. The molecule has 1 saturated carbocycles. The molecule has 0 aliphatic heterocycles. The van der Waals surface area contributed by atoms with Gasteiger partial charge >= 0.3 is 5.97 Å². The molecule has 1 aliphatic rings. The maximum absolute atomic E-state index is 12.4. The fourth-order valence-electron chi connectivity index (χ4n) is 2.23. The lowest BCUT2D eigenvalue weighted by Crippen LogP contribution is -2.44. The van der Waals surface area contributed by atoms with E-state index >= 15 is 0 Å². The van der Waals surface area contributed by atoms with Crippen LogP contribution in [0.15, 0.2) is 23.1 Å². The molecule has 8 heteroatoms. The van der Waals surface area contributed by atoms with Crippen molar-refractivity contribution in [3.8, 4) is 0 Å². The summed E-state index contributed by atoms with van der Waals surface area (Å²) >= 11 is 0. The summed E-state index contributed by atoms with van der Waals surface area (Å²) in [5, 5.41) is 11.6. The van der Waals surface area contributed by atoms with Crippen molar-refractivity contribution < 1.29 is 23.1 Å². The fourth-order valence-corrected chi connectivity index (χ4v) is 3.56. The highest BCUT2D eigenvalue weighted by molar-refractivity contribution is 7.89. The van der Waals surface area contributed by atoms with Crippen molar-refractivity contribution in [1.82, 2.24) is 10.0 Å². The summed E-state index contributed by atoms with van der Waals surface area (Å²) in [5.41, 5.74) is 0.728. The molecular formula is C16H22N2O5S. The number of carbonyl (C=O) groups excluding carboxylic acids is 1. The third-order valence-electron chi connectivity index (χ3n) is 3.88. The average Bonchev–Trinajstić information content (AvgIpc) is 3.27. The second kappa shape index (κ2) is 6.90. The standard InChI is InChI=1S/C16H22N2O5S/c1-9(2)14(16(20)21)17-15(19)13-8-12(7-4-10(13)3)24(22,23)18-11-5-6-11/h4,7-9,11,14,18H,5-6H2,1-3H3,(H,17,19)(H,20,21)/t14-/m1/s1. The largest absolute Gasteiger partial charge is 0.480 e. The van der Waals surface area contributed by atoms with Crippen LogP contribution >= 0.6 is 0 Å². The fraction of sp³-hybridized carbons (Fsp3) is 0.500. The smallest absolute Gasteiger partial charge is 0.326 e. The van der Waals surface area contributed by atoms with Crippen LogP contribution in [0.2, 0.25) is 0 Å². The quantitative estimate of drug-likeness (QED) is 0.683. The molecule has 0 saturated heterocycles. The molecule has 1 atom stereocenters. The zero-order valence-electron chi connectivity index (χ0n) is 13.9. The molecule has 0 heterocycles. The first-order chi connectivity index (χ1) is 11.1. The van der Waals surface area contributed by atoms with Gasteiger partial charge in [-0.3, -0.25) is 4.79 Å². The lowest BCUT2D eigenvalue weighted by molar-refractivity contribution is -0.140. The molecular weight excluding hydrogens is 332 g/mol. The topological polar surface area (TPSA) is 113 Å². The zero-order valence-corrected chi connectivity index (χ0v) is 14.7. The van der Waals surface area contributed by atoms with Crippen LogP contribution < -0.4 is 10.0 Å². The number of carboxylic acids is 1. The second-order valence-electron chi connectivity index (χ2n) is 6.41. The minimum absolute atomic E-state index is 0.00146. The van der Waals surface area contributed by atoms with Crippen LogP contribution in [-0.2, 0) is 14.8 Å². The van der Waals surface area contributed by atoms with E-state index in [9.17, 15) is 23.1 Å². The van der Waals surface area contributed by atoms with E-state index in [-0.39, 0.29) is 22.4 Å². The van der Waals surface area contributed by atoms with Crippen LogP contribution in [0.1, 0.15) is 42.6 Å². The third-order valence-corrected chi connectivity index (χ3v) is 5.40. The Morgan fingerprint density at radius 3 is 2.38 bits per heavy atom. The van der Waals surface area contributed by atoms with Gasteiger partial charge in [0.25, 0.3) is 5.91 Å². The Labute approximate surface area is 141 Å². The zero-order chi connectivity index (χ0) is 18.1. The van der Waals surface area contributed by atoms with E-state index in [0.29, 0.717) is 5.56 Å². The van der Waals surface area contributed by atoms with E-state index in [4.69, 9.17) is 0 Å². The van der Waals surface area contributed by atoms with Crippen LogP contribution in [0.25, 0.3) is 0 Å². The van der Waals surface area contributed by atoms with Crippen molar-refractivity contribution in [2.75, 3.05) is 0 Å². The first kappa shape index (κ1) is 18.4. The molecule has 1 fully saturated rings. The van der Waals surface area contributed by atoms with Crippen molar-refractivity contribution in [3.05, 3.63) is 29.3 Å². The highest BCUT2D eigenvalue weighted by Gasteiger charge is 2.29. The molecule has 7 nitrogen and oxygen atoms in total. The number of aliphatic carboxylic acids is 1. The lowest BCUT2D eigenvalue weighted by Gasteiger charge is -2.19. The minimum atomic E-state index is -3.68. The predicted molar refractivity (Wildman–Crippen MR) is 88.3 cm³/mol. The Balaban J connectivity index is 2.27. The van der Waals surface area contributed by atoms with Crippen molar-refractivity contribution in [2.24, 2.45) is 5.92 Å². The van der Waals surface area contributed by atoms with Crippen LogP contribution in [0, 0.1) is 12.8 Å². The Morgan fingerprint density at radius 2 is 1.88 bits per heavy atom. The van der Waals surface area contributed by atoms with E-state index in [0.717, 1.165) is 12.8 Å². The molecule has 0 aromatic heterocycles. The molecule has 1 aromatic carbocycles. The number of nitrogens with one attached hydrogen (secondary N) is 2. The number of rotatable bonds is 7. The third kappa shape index (κ3) is 4.33. The van der Waals surface area contributed by atoms with Gasteiger partial charge in [-0.15, -0.1) is 0 Å². The number of aryl methyl sites for hydroxylation is 1. The molecule has 0 radical (unpaired) electrons. The molecule has 0 unspecified atom stereocenters. The van der Waals surface area contributed by atoms with Crippen molar-refractivity contribution in [3.63, 3.8) is 0 Å². The summed E-state index contributed by atoms with van der Waals surface area (Å²) in [6.07, 6.45) is 1.63. The molecule has 0 bridgehead atoms. The van der Waals surface area contributed by atoms with Gasteiger partial charge in [-0.05, 0) is 43.4 Å². The normalized spacial score (nSPS) is 16.0. The van der Waals surface area contributed by atoms with Gasteiger partial charge < -0.3 is 10.4 Å². The van der Waals surface area contributed by atoms with Crippen molar-refractivity contribution in [2.45, 2.75) is 50.6 Å². The number of sulfonamides is 1.